The number of piperazine rings is 1. The maximum atomic E-state index is 12.5. The summed E-state index contributed by atoms with van der Waals surface area (Å²) in [4.78, 5) is 17.3. The molecule has 3 N–H and O–H groups in total. The average Bonchev–Trinajstić information content (AvgIpc) is 3.02. The van der Waals surface area contributed by atoms with E-state index in [2.05, 4.69) is 28.1 Å². The standard InChI is InChI=1S/C18H28N4O.3ClH/c1-2-21-9-11-22(12-10-21)17-6-4-3-5-16(17)20-18(23)14-7-8-15(19)13-14;;;/h3-6,14-15H,2,7-13,19H2,1H3,(H,20,23);3*1H. The van der Waals surface area contributed by atoms with E-state index in [-0.39, 0.29) is 55.1 Å². The van der Waals surface area contributed by atoms with Gasteiger partial charge in [-0.3, -0.25) is 4.79 Å². The van der Waals surface area contributed by atoms with Gasteiger partial charge in [0.25, 0.3) is 0 Å². The van der Waals surface area contributed by atoms with E-state index in [1.165, 1.54) is 0 Å². The summed E-state index contributed by atoms with van der Waals surface area (Å²) in [6.45, 7) is 7.49. The van der Waals surface area contributed by atoms with Gasteiger partial charge in [0.15, 0.2) is 0 Å². The van der Waals surface area contributed by atoms with Crippen LogP contribution >= 0.6 is 37.2 Å². The Morgan fingerprint density at radius 2 is 1.77 bits per heavy atom. The summed E-state index contributed by atoms with van der Waals surface area (Å²) in [5, 5.41) is 3.15. The van der Waals surface area contributed by atoms with Crippen molar-refractivity contribution in [3.63, 3.8) is 0 Å². The Hall–Kier alpha value is -0.720. The number of nitrogens with two attached hydrogens (primary N) is 1. The Labute approximate surface area is 175 Å². The van der Waals surface area contributed by atoms with Crippen LogP contribution in [-0.2, 0) is 4.79 Å². The number of nitrogens with one attached hydrogen (secondary N) is 1. The third-order valence-electron chi connectivity index (χ3n) is 5.17. The number of carbonyl (C=O) groups is 1. The molecule has 0 spiro atoms. The fraction of sp³-hybridized carbons (Fsp3) is 0.611. The maximum Gasteiger partial charge on any atom is 0.227 e. The minimum atomic E-state index is 0. The van der Waals surface area contributed by atoms with Crippen molar-refractivity contribution in [2.45, 2.75) is 32.2 Å². The molecule has 1 saturated heterocycles. The Morgan fingerprint density at radius 3 is 2.35 bits per heavy atom. The molecule has 3 rings (SSSR count). The lowest BCUT2D eigenvalue weighted by molar-refractivity contribution is -0.119. The second-order valence-corrected chi connectivity index (χ2v) is 6.70. The van der Waals surface area contributed by atoms with Crippen LogP contribution in [-0.4, -0.2) is 49.6 Å². The quantitative estimate of drug-likeness (QED) is 0.778. The molecule has 8 heteroatoms. The summed E-state index contributed by atoms with van der Waals surface area (Å²) in [5.41, 5.74) is 8.01. The molecule has 2 aliphatic rings. The molecule has 0 aromatic heterocycles. The molecule has 1 aliphatic heterocycles. The zero-order chi connectivity index (χ0) is 16.2. The molecule has 1 saturated carbocycles. The number of halogens is 3. The van der Waals surface area contributed by atoms with Crippen molar-refractivity contribution in [2.24, 2.45) is 11.7 Å². The zero-order valence-electron chi connectivity index (χ0n) is 15.2. The molecule has 0 radical (unpaired) electrons. The van der Waals surface area contributed by atoms with E-state index in [0.717, 1.165) is 63.4 Å². The molecule has 2 atom stereocenters. The SMILES string of the molecule is CCN1CCN(c2ccccc2NC(=O)C2CCC(N)C2)CC1.Cl.Cl.Cl. The van der Waals surface area contributed by atoms with Crippen LogP contribution in [0.1, 0.15) is 26.2 Å². The molecule has 1 aromatic rings. The van der Waals surface area contributed by atoms with Gasteiger partial charge in [-0.25, -0.2) is 0 Å². The minimum absolute atomic E-state index is 0. The van der Waals surface area contributed by atoms with E-state index in [1.807, 2.05) is 18.2 Å². The van der Waals surface area contributed by atoms with Crippen LogP contribution < -0.4 is 16.0 Å². The Kier molecular flexibility index (Phi) is 11.6. The van der Waals surface area contributed by atoms with E-state index in [0.29, 0.717) is 0 Å². The van der Waals surface area contributed by atoms with Crippen LogP contribution in [0.2, 0.25) is 0 Å². The number of hydrogen-bond acceptors (Lipinski definition) is 4. The monoisotopic (exact) mass is 424 g/mol. The lowest BCUT2D eigenvalue weighted by atomic mass is 10.1. The van der Waals surface area contributed by atoms with E-state index in [1.54, 1.807) is 0 Å². The van der Waals surface area contributed by atoms with Gasteiger partial charge in [0.05, 0.1) is 11.4 Å². The molecule has 1 aliphatic carbocycles. The van der Waals surface area contributed by atoms with Gasteiger partial charge in [-0.05, 0) is 37.9 Å². The second kappa shape index (κ2) is 11.9. The van der Waals surface area contributed by atoms with Crippen molar-refractivity contribution >= 4 is 54.5 Å². The predicted molar refractivity (Wildman–Crippen MR) is 116 cm³/mol. The van der Waals surface area contributed by atoms with Gasteiger partial charge in [0, 0.05) is 38.1 Å². The Balaban J connectivity index is 0.00000208. The number of amides is 1. The van der Waals surface area contributed by atoms with E-state index in [9.17, 15) is 4.79 Å². The first-order valence-electron chi connectivity index (χ1n) is 8.80. The number of likely N-dealkylation sites (N-methyl/N-ethyl adjacent to an activating group) is 1. The molecular formula is C18H31Cl3N4O. The number of carbonyl (C=O) groups excluding carboxylic acids is 1. The highest BCUT2D eigenvalue weighted by atomic mass is 35.5. The summed E-state index contributed by atoms with van der Waals surface area (Å²) >= 11 is 0. The van der Waals surface area contributed by atoms with Crippen molar-refractivity contribution in [3.05, 3.63) is 24.3 Å². The smallest absolute Gasteiger partial charge is 0.227 e. The van der Waals surface area contributed by atoms with Crippen LogP contribution in [0.4, 0.5) is 11.4 Å². The van der Waals surface area contributed by atoms with Crippen molar-refractivity contribution < 1.29 is 4.79 Å². The van der Waals surface area contributed by atoms with Crippen molar-refractivity contribution in [2.75, 3.05) is 42.9 Å². The average molecular weight is 426 g/mol. The molecule has 2 unspecified atom stereocenters. The molecular weight excluding hydrogens is 395 g/mol. The largest absolute Gasteiger partial charge is 0.367 e. The van der Waals surface area contributed by atoms with Crippen LogP contribution in [0.25, 0.3) is 0 Å². The van der Waals surface area contributed by atoms with Gasteiger partial charge >= 0.3 is 0 Å². The Bertz CT molecular complexity index is 553. The van der Waals surface area contributed by atoms with Crippen molar-refractivity contribution in [1.29, 1.82) is 0 Å². The van der Waals surface area contributed by atoms with Gasteiger partial charge in [-0.15, -0.1) is 37.2 Å². The summed E-state index contributed by atoms with van der Waals surface area (Å²) in [5.74, 6) is 0.188. The van der Waals surface area contributed by atoms with Gasteiger partial charge < -0.3 is 20.9 Å². The summed E-state index contributed by atoms with van der Waals surface area (Å²) < 4.78 is 0. The molecule has 2 fully saturated rings. The third-order valence-corrected chi connectivity index (χ3v) is 5.17. The fourth-order valence-corrected chi connectivity index (χ4v) is 3.65. The van der Waals surface area contributed by atoms with Crippen LogP contribution in [0, 0.1) is 5.92 Å². The predicted octanol–water partition coefficient (Wildman–Crippen LogP) is 3.16. The molecule has 1 amide bonds. The first kappa shape index (κ1) is 25.3. The first-order chi connectivity index (χ1) is 11.2. The number of benzene rings is 1. The highest BCUT2D eigenvalue weighted by molar-refractivity contribution is 5.96. The third kappa shape index (κ3) is 6.17. The molecule has 150 valence electrons. The zero-order valence-corrected chi connectivity index (χ0v) is 17.7. The minimum Gasteiger partial charge on any atom is -0.367 e. The molecule has 1 heterocycles. The topological polar surface area (TPSA) is 61.6 Å². The van der Waals surface area contributed by atoms with E-state index >= 15 is 0 Å². The lowest BCUT2D eigenvalue weighted by Gasteiger charge is -2.36. The molecule has 0 bridgehead atoms. The van der Waals surface area contributed by atoms with Gasteiger partial charge in [-0.1, -0.05) is 19.1 Å². The van der Waals surface area contributed by atoms with Gasteiger partial charge in [0.1, 0.15) is 0 Å². The fourth-order valence-electron chi connectivity index (χ4n) is 3.65. The van der Waals surface area contributed by atoms with Gasteiger partial charge in [-0.2, -0.15) is 0 Å². The molecule has 26 heavy (non-hydrogen) atoms. The normalized spacial score (nSPS) is 22.6. The van der Waals surface area contributed by atoms with Crippen LogP contribution in [0.15, 0.2) is 24.3 Å². The van der Waals surface area contributed by atoms with Crippen LogP contribution in [0.3, 0.4) is 0 Å². The van der Waals surface area contributed by atoms with Gasteiger partial charge in [0.2, 0.25) is 5.91 Å². The summed E-state index contributed by atoms with van der Waals surface area (Å²) in [7, 11) is 0. The summed E-state index contributed by atoms with van der Waals surface area (Å²) in [6.07, 6.45) is 2.67. The van der Waals surface area contributed by atoms with Crippen molar-refractivity contribution in [3.8, 4) is 0 Å². The lowest BCUT2D eigenvalue weighted by Crippen LogP contribution is -2.46. The number of hydrogen-bond donors (Lipinski definition) is 2. The number of para-hydroxylation sites is 2. The molecule has 1 aromatic carbocycles. The number of nitrogens with zero attached hydrogens (tertiary/aromatic N) is 2. The van der Waals surface area contributed by atoms with Crippen LogP contribution in [0.5, 0.6) is 0 Å². The molecule has 5 nitrogen and oxygen atoms in total. The van der Waals surface area contributed by atoms with Crippen molar-refractivity contribution in [1.82, 2.24) is 4.90 Å². The first-order valence-corrected chi connectivity index (χ1v) is 8.80. The van der Waals surface area contributed by atoms with E-state index < -0.39 is 0 Å². The second-order valence-electron chi connectivity index (χ2n) is 6.70. The maximum absolute atomic E-state index is 12.5. The highest BCUT2D eigenvalue weighted by Crippen LogP contribution is 2.30. The van der Waals surface area contributed by atoms with E-state index in [4.69, 9.17) is 5.73 Å². The highest BCUT2D eigenvalue weighted by Gasteiger charge is 2.28. The Morgan fingerprint density at radius 1 is 1.12 bits per heavy atom. The number of anilines is 2. The number of rotatable bonds is 4. The summed E-state index contributed by atoms with van der Waals surface area (Å²) in [6, 6.07) is 8.33.